The molecule has 5 N–H and O–H groups in total. The predicted octanol–water partition coefficient (Wildman–Crippen LogP) is 2.91. The van der Waals surface area contributed by atoms with Crippen molar-refractivity contribution in [3.05, 3.63) is 26.6 Å². The zero-order valence-corrected chi connectivity index (χ0v) is 14.9. The molecule has 0 spiro atoms. The van der Waals surface area contributed by atoms with Gasteiger partial charge in [0.05, 0.1) is 10.6 Å². The maximum Gasteiger partial charge on any atom is 0.134 e. The molecule has 1 aliphatic carbocycles. The number of nitrogens with one attached hydrogen (secondary N) is 1. The monoisotopic (exact) mass is 431 g/mol. The normalized spacial score (nSPS) is 21.8. The van der Waals surface area contributed by atoms with E-state index in [0.29, 0.717) is 22.8 Å². The highest BCUT2D eigenvalue weighted by Gasteiger charge is 2.19. The molecule has 2 rings (SSSR count). The molecule has 1 aromatic carbocycles. The summed E-state index contributed by atoms with van der Waals surface area (Å²) in [6, 6.07) is 4.19. The third kappa shape index (κ3) is 5.50. The summed E-state index contributed by atoms with van der Waals surface area (Å²) >= 11 is 6.75. The Morgan fingerprint density at radius 3 is 2.35 bits per heavy atom. The topological polar surface area (TPSA) is 84.0 Å². The Labute approximate surface area is 141 Å². The van der Waals surface area contributed by atoms with Crippen LogP contribution in [0.25, 0.3) is 0 Å². The number of rotatable bonds is 3. The number of phenols is 1. The van der Waals surface area contributed by atoms with Gasteiger partial charge in [0.15, 0.2) is 0 Å². The van der Waals surface area contributed by atoms with E-state index in [-0.39, 0.29) is 24.0 Å². The maximum absolute atomic E-state index is 9.95. The van der Waals surface area contributed by atoms with Crippen molar-refractivity contribution in [1.29, 1.82) is 0 Å². The number of aromatic hydroxyl groups is 1. The summed E-state index contributed by atoms with van der Waals surface area (Å²) in [5, 5.41) is 22.8. The predicted molar refractivity (Wildman–Crippen MR) is 89.5 cm³/mol. The standard InChI is InChI=1S/C13H17Br2NO2.ClH.H2O/c14-9-5-8(13(18)12(15)6-9)7-16-10-1-3-11(17)4-2-10;;/h5-6,10-11,16-18H,1-4,7H2;1H;1H2. The summed E-state index contributed by atoms with van der Waals surface area (Å²) < 4.78 is 1.65. The lowest BCUT2D eigenvalue weighted by Gasteiger charge is -2.26. The molecule has 0 amide bonds. The molecule has 0 aromatic heterocycles. The van der Waals surface area contributed by atoms with E-state index in [1.807, 2.05) is 12.1 Å². The number of phenolic OH excluding ortho intramolecular Hbond substituents is 1. The number of aliphatic hydroxyl groups excluding tert-OH is 1. The summed E-state index contributed by atoms with van der Waals surface area (Å²) in [7, 11) is 0. The molecule has 0 radical (unpaired) electrons. The molecular weight excluding hydrogens is 413 g/mol. The molecule has 0 atom stereocenters. The van der Waals surface area contributed by atoms with Crippen molar-refractivity contribution in [2.24, 2.45) is 0 Å². The molecule has 0 unspecified atom stereocenters. The van der Waals surface area contributed by atoms with Crippen LogP contribution >= 0.6 is 44.3 Å². The molecule has 1 saturated carbocycles. The number of halogens is 3. The Hall–Kier alpha value is 0.150. The van der Waals surface area contributed by atoms with Gasteiger partial charge in [0, 0.05) is 22.6 Å². The molecular formula is C13H20Br2ClNO3. The first-order chi connectivity index (χ1) is 8.56. The van der Waals surface area contributed by atoms with E-state index in [1.54, 1.807) is 0 Å². The van der Waals surface area contributed by atoms with E-state index in [2.05, 4.69) is 37.2 Å². The molecule has 7 heteroatoms. The van der Waals surface area contributed by atoms with Gasteiger partial charge in [0.1, 0.15) is 5.75 Å². The van der Waals surface area contributed by atoms with E-state index in [1.165, 1.54) is 0 Å². The Morgan fingerprint density at radius 2 is 1.75 bits per heavy atom. The summed E-state index contributed by atoms with van der Waals surface area (Å²) in [6.45, 7) is 0.643. The van der Waals surface area contributed by atoms with Crippen LogP contribution in [0.15, 0.2) is 21.1 Å². The fraction of sp³-hybridized carbons (Fsp3) is 0.538. The van der Waals surface area contributed by atoms with E-state index in [9.17, 15) is 10.2 Å². The summed E-state index contributed by atoms with van der Waals surface area (Å²) in [5.41, 5.74) is 0.877. The number of hydrogen-bond donors (Lipinski definition) is 3. The van der Waals surface area contributed by atoms with Crippen LogP contribution in [0.4, 0.5) is 0 Å². The highest BCUT2D eigenvalue weighted by Crippen LogP contribution is 2.31. The molecule has 1 aliphatic rings. The highest BCUT2D eigenvalue weighted by atomic mass is 79.9. The van der Waals surface area contributed by atoms with Gasteiger partial charge in [-0.15, -0.1) is 12.4 Å². The van der Waals surface area contributed by atoms with E-state index < -0.39 is 0 Å². The summed E-state index contributed by atoms with van der Waals surface area (Å²) in [6.07, 6.45) is 3.60. The first kappa shape index (κ1) is 20.1. The van der Waals surface area contributed by atoms with Crippen LogP contribution in [0.1, 0.15) is 31.2 Å². The lowest BCUT2D eigenvalue weighted by atomic mass is 9.93. The minimum Gasteiger partial charge on any atom is -0.506 e. The lowest BCUT2D eigenvalue weighted by molar-refractivity contribution is 0.116. The second kappa shape index (κ2) is 9.23. The highest BCUT2D eigenvalue weighted by molar-refractivity contribution is 9.11. The molecule has 0 aliphatic heterocycles. The summed E-state index contributed by atoms with van der Waals surface area (Å²) in [4.78, 5) is 0. The van der Waals surface area contributed by atoms with Crippen molar-refractivity contribution in [2.45, 2.75) is 44.4 Å². The fourth-order valence-corrected chi connectivity index (χ4v) is 3.60. The van der Waals surface area contributed by atoms with Crippen LogP contribution in [-0.4, -0.2) is 27.8 Å². The van der Waals surface area contributed by atoms with Crippen molar-refractivity contribution < 1.29 is 15.7 Å². The van der Waals surface area contributed by atoms with Crippen LogP contribution in [0, 0.1) is 0 Å². The maximum atomic E-state index is 9.95. The van der Waals surface area contributed by atoms with Gasteiger partial charge in [0.2, 0.25) is 0 Å². The van der Waals surface area contributed by atoms with Gasteiger partial charge >= 0.3 is 0 Å². The van der Waals surface area contributed by atoms with Crippen molar-refractivity contribution >= 4 is 44.3 Å². The van der Waals surface area contributed by atoms with Crippen LogP contribution in [0.2, 0.25) is 0 Å². The first-order valence-electron chi connectivity index (χ1n) is 6.14. The van der Waals surface area contributed by atoms with Crippen LogP contribution < -0.4 is 5.32 Å². The average Bonchev–Trinajstić information content (AvgIpc) is 2.34. The molecule has 0 bridgehead atoms. The largest absolute Gasteiger partial charge is 0.506 e. The van der Waals surface area contributed by atoms with Gasteiger partial charge in [-0.05, 0) is 53.7 Å². The van der Waals surface area contributed by atoms with Crippen LogP contribution in [0.3, 0.4) is 0 Å². The van der Waals surface area contributed by atoms with E-state index in [0.717, 1.165) is 35.7 Å². The Balaban J connectivity index is 0.00000180. The van der Waals surface area contributed by atoms with Gasteiger partial charge in [-0.3, -0.25) is 0 Å². The first-order valence-corrected chi connectivity index (χ1v) is 7.73. The van der Waals surface area contributed by atoms with Crippen molar-refractivity contribution in [3.8, 4) is 5.75 Å². The molecule has 0 heterocycles. The Kier molecular flexibility index (Phi) is 9.29. The van der Waals surface area contributed by atoms with E-state index >= 15 is 0 Å². The van der Waals surface area contributed by atoms with Gasteiger partial charge < -0.3 is 21.0 Å². The molecule has 4 nitrogen and oxygen atoms in total. The number of benzene rings is 1. The second-order valence-electron chi connectivity index (χ2n) is 4.78. The minimum atomic E-state index is -0.128. The van der Waals surface area contributed by atoms with Crippen LogP contribution in [-0.2, 0) is 6.54 Å². The van der Waals surface area contributed by atoms with E-state index in [4.69, 9.17) is 0 Å². The van der Waals surface area contributed by atoms with Crippen molar-refractivity contribution in [2.75, 3.05) is 0 Å². The SMILES string of the molecule is Cl.O.Oc1c(Br)cc(Br)cc1CNC1CCC(O)CC1. The third-order valence-electron chi connectivity index (χ3n) is 3.39. The molecule has 1 aromatic rings. The van der Waals surface area contributed by atoms with Crippen LogP contribution in [0.5, 0.6) is 5.75 Å². The molecule has 20 heavy (non-hydrogen) atoms. The average molecular weight is 434 g/mol. The second-order valence-corrected chi connectivity index (χ2v) is 6.55. The number of hydrogen-bond acceptors (Lipinski definition) is 3. The zero-order chi connectivity index (χ0) is 13.1. The molecule has 0 saturated heterocycles. The molecule has 1 fully saturated rings. The number of aliphatic hydroxyl groups is 1. The smallest absolute Gasteiger partial charge is 0.134 e. The van der Waals surface area contributed by atoms with Gasteiger partial charge in [-0.2, -0.15) is 0 Å². The quantitative estimate of drug-likeness (QED) is 0.685. The van der Waals surface area contributed by atoms with Crippen molar-refractivity contribution in [1.82, 2.24) is 5.32 Å². The Bertz CT molecular complexity index is 426. The van der Waals surface area contributed by atoms with Gasteiger partial charge in [0.25, 0.3) is 0 Å². The minimum absolute atomic E-state index is 0. The van der Waals surface area contributed by atoms with Crippen molar-refractivity contribution in [3.63, 3.8) is 0 Å². The lowest BCUT2D eigenvalue weighted by Crippen LogP contribution is -2.34. The van der Waals surface area contributed by atoms with Gasteiger partial charge in [-0.25, -0.2) is 0 Å². The van der Waals surface area contributed by atoms with Gasteiger partial charge in [-0.1, -0.05) is 15.9 Å². The summed E-state index contributed by atoms with van der Waals surface area (Å²) in [5.74, 6) is 0.293. The zero-order valence-electron chi connectivity index (χ0n) is 10.9. The third-order valence-corrected chi connectivity index (χ3v) is 4.45. The molecule has 116 valence electrons. The fourth-order valence-electron chi connectivity index (χ4n) is 2.29. The Morgan fingerprint density at radius 1 is 1.15 bits per heavy atom.